The van der Waals surface area contributed by atoms with Gasteiger partial charge in [-0.3, -0.25) is 10.1 Å². The van der Waals surface area contributed by atoms with Crippen molar-refractivity contribution in [1.29, 1.82) is 0 Å². The predicted molar refractivity (Wildman–Crippen MR) is 67.7 cm³/mol. The lowest BCUT2D eigenvalue weighted by Gasteiger charge is -2.41. The van der Waals surface area contributed by atoms with Crippen LogP contribution in [-0.2, 0) is 4.74 Å². The second-order valence-electron chi connectivity index (χ2n) is 5.17. The maximum absolute atomic E-state index is 11.0. The van der Waals surface area contributed by atoms with Crippen molar-refractivity contribution in [1.82, 2.24) is 4.98 Å². The van der Waals surface area contributed by atoms with E-state index in [1.807, 2.05) is 25.7 Å². The summed E-state index contributed by atoms with van der Waals surface area (Å²) in [6.07, 6.45) is 1.60. The van der Waals surface area contributed by atoms with Crippen LogP contribution in [0.3, 0.4) is 0 Å². The second-order valence-corrected chi connectivity index (χ2v) is 5.17. The number of aromatic nitrogens is 1. The van der Waals surface area contributed by atoms with Crippen LogP contribution in [0.1, 0.15) is 20.8 Å². The molecule has 0 radical (unpaired) electrons. The molecule has 6 nitrogen and oxygen atoms in total. The summed E-state index contributed by atoms with van der Waals surface area (Å²) in [4.78, 5) is 16.7. The topological polar surface area (TPSA) is 68.5 Å². The van der Waals surface area contributed by atoms with Crippen LogP contribution in [0.5, 0.6) is 0 Å². The fourth-order valence-electron chi connectivity index (χ4n) is 2.39. The third-order valence-electron chi connectivity index (χ3n) is 2.83. The van der Waals surface area contributed by atoms with Gasteiger partial charge in [0.1, 0.15) is 0 Å². The average molecular weight is 251 g/mol. The fourth-order valence-corrected chi connectivity index (χ4v) is 2.39. The number of hydrogen-bond acceptors (Lipinski definition) is 5. The van der Waals surface area contributed by atoms with Gasteiger partial charge in [-0.15, -0.1) is 0 Å². The predicted octanol–water partition coefficient (Wildman–Crippen LogP) is 1.99. The Kier molecular flexibility index (Phi) is 3.21. The lowest BCUT2D eigenvalue weighted by atomic mass is 10.1. The molecule has 1 aromatic rings. The van der Waals surface area contributed by atoms with Crippen molar-refractivity contribution in [3.05, 3.63) is 28.4 Å². The molecule has 0 aliphatic carbocycles. The van der Waals surface area contributed by atoms with Crippen LogP contribution >= 0.6 is 0 Å². The molecular formula is C12H17N3O3. The van der Waals surface area contributed by atoms with E-state index < -0.39 is 4.92 Å². The van der Waals surface area contributed by atoms with Gasteiger partial charge >= 0.3 is 5.69 Å². The Balaban J connectivity index is 2.34. The van der Waals surface area contributed by atoms with Crippen molar-refractivity contribution in [3.63, 3.8) is 0 Å². The highest BCUT2D eigenvalue weighted by atomic mass is 16.6. The van der Waals surface area contributed by atoms with Gasteiger partial charge in [0.15, 0.2) is 0 Å². The van der Waals surface area contributed by atoms with Crippen LogP contribution in [0.2, 0.25) is 0 Å². The summed E-state index contributed by atoms with van der Waals surface area (Å²) in [5.41, 5.74) is -0.286. The van der Waals surface area contributed by atoms with E-state index in [0.717, 1.165) is 0 Å². The van der Waals surface area contributed by atoms with Crippen molar-refractivity contribution >= 4 is 11.5 Å². The van der Waals surface area contributed by atoms with E-state index in [2.05, 4.69) is 4.98 Å². The van der Waals surface area contributed by atoms with E-state index in [-0.39, 0.29) is 17.4 Å². The molecule has 0 saturated carbocycles. The first-order valence-electron chi connectivity index (χ1n) is 5.91. The lowest BCUT2D eigenvalue weighted by Crippen LogP contribution is -2.52. The number of nitro groups is 1. The summed E-state index contributed by atoms with van der Waals surface area (Å²) < 4.78 is 5.79. The summed E-state index contributed by atoms with van der Waals surface area (Å²) in [7, 11) is 0. The summed E-state index contributed by atoms with van der Waals surface area (Å²) >= 11 is 0. The quantitative estimate of drug-likeness (QED) is 0.594. The molecule has 98 valence electrons. The molecular weight excluding hydrogens is 234 g/mol. The molecule has 0 N–H and O–H groups in total. The largest absolute Gasteiger partial charge is 0.369 e. The molecule has 6 heteroatoms. The van der Waals surface area contributed by atoms with Crippen molar-refractivity contribution in [3.8, 4) is 0 Å². The summed E-state index contributed by atoms with van der Waals surface area (Å²) in [6, 6.07) is 3.06. The van der Waals surface area contributed by atoms with Crippen LogP contribution < -0.4 is 4.90 Å². The minimum absolute atomic E-state index is 0.0235. The highest BCUT2D eigenvalue weighted by molar-refractivity contribution is 5.57. The Morgan fingerprint density at radius 2 is 2.33 bits per heavy atom. The monoisotopic (exact) mass is 251 g/mol. The molecule has 2 heterocycles. The lowest BCUT2D eigenvalue weighted by molar-refractivity contribution is -0.384. The van der Waals surface area contributed by atoms with E-state index in [1.54, 1.807) is 12.3 Å². The van der Waals surface area contributed by atoms with Gasteiger partial charge < -0.3 is 9.64 Å². The van der Waals surface area contributed by atoms with Crippen molar-refractivity contribution < 1.29 is 9.66 Å². The number of anilines is 1. The maximum Gasteiger partial charge on any atom is 0.311 e. The SMILES string of the molecule is CC1CN(c2ncccc2[N+](=O)[O-])CC(C)(C)O1. The van der Waals surface area contributed by atoms with Crippen molar-refractivity contribution in [2.45, 2.75) is 32.5 Å². The number of morpholine rings is 1. The van der Waals surface area contributed by atoms with Gasteiger partial charge in [0.05, 0.1) is 16.6 Å². The van der Waals surface area contributed by atoms with Gasteiger partial charge in [-0.05, 0) is 26.8 Å². The Hall–Kier alpha value is -1.69. The molecule has 0 aromatic carbocycles. The molecule has 1 aliphatic heterocycles. The van der Waals surface area contributed by atoms with Crippen molar-refractivity contribution in [2.75, 3.05) is 18.0 Å². The number of ether oxygens (including phenoxy) is 1. The maximum atomic E-state index is 11.0. The van der Waals surface area contributed by atoms with E-state index >= 15 is 0 Å². The number of hydrogen-bond donors (Lipinski definition) is 0. The molecule has 1 saturated heterocycles. The molecule has 0 bridgehead atoms. The van der Waals surface area contributed by atoms with Crippen LogP contribution in [0.4, 0.5) is 11.5 Å². The fraction of sp³-hybridized carbons (Fsp3) is 0.583. The molecule has 1 atom stereocenters. The smallest absolute Gasteiger partial charge is 0.311 e. The molecule has 0 amide bonds. The van der Waals surface area contributed by atoms with Gasteiger partial charge in [0.25, 0.3) is 0 Å². The van der Waals surface area contributed by atoms with Gasteiger partial charge in [-0.1, -0.05) is 0 Å². The van der Waals surface area contributed by atoms with Crippen molar-refractivity contribution in [2.24, 2.45) is 0 Å². The number of nitrogens with zero attached hydrogens (tertiary/aromatic N) is 3. The zero-order valence-electron chi connectivity index (χ0n) is 10.8. The third-order valence-corrected chi connectivity index (χ3v) is 2.83. The first-order chi connectivity index (χ1) is 8.39. The van der Waals surface area contributed by atoms with E-state index in [0.29, 0.717) is 18.9 Å². The normalized spacial score (nSPS) is 22.8. The molecule has 1 fully saturated rings. The molecule has 2 rings (SSSR count). The average Bonchev–Trinajstić information content (AvgIpc) is 2.26. The van der Waals surface area contributed by atoms with Crippen LogP contribution in [0.15, 0.2) is 18.3 Å². The second kappa shape index (κ2) is 4.53. The standard InChI is InChI=1S/C12H17N3O3/c1-9-7-14(8-12(2,3)18-9)11-10(15(16)17)5-4-6-13-11/h4-6,9H,7-8H2,1-3H3. The Labute approximate surface area is 106 Å². The van der Waals surface area contributed by atoms with Gasteiger partial charge in [0, 0.05) is 25.4 Å². The highest BCUT2D eigenvalue weighted by Crippen LogP contribution is 2.30. The third kappa shape index (κ3) is 2.59. The summed E-state index contributed by atoms with van der Waals surface area (Å²) in [6.45, 7) is 7.12. The molecule has 0 spiro atoms. The summed E-state index contributed by atoms with van der Waals surface area (Å²) in [5.74, 6) is 0.422. The van der Waals surface area contributed by atoms with Gasteiger partial charge in [-0.25, -0.2) is 4.98 Å². The van der Waals surface area contributed by atoms with E-state index in [9.17, 15) is 10.1 Å². The minimum atomic E-state index is -0.393. The Bertz CT molecular complexity index is 462. The van der Waals surface area contributed by atoms with Gasteiger partial charge in [-0.2, -0.15) is 0 Å². The van der Waals surface area contributed by atoms with E-state index in [4.69, 9.17) is 4.74 Å². The number of pyridine rings is 1. The van der Waals surface area contributed by atoms with Crippen LogP contribution in [0, 0.1) is 10.1 Å². The molecule has 1 aromatic heterocycles. The molecule has 1 aliphatic rings. The Morgan fingerprint density at radius 1 is 1.61 bits per heavy atom. The molecule has 1 unspecified atom stereocenters. The molecule has 18 heavy (non-hydrogen) atoms. The summed E-state index contributed by atoms with van der Waals surface area (Å²) in [5, 5.41) is 11.0. The zero-order chi connectivity index (χ0) is 13.3. The van der Waals surface area contributed by atoms with E-state index in [1.165, 1.54) is 6.07 Å². The van der Waals surface area contributed by atoms with Crippen LogP contribution in [-0.4, -0.2) is 34.7 Å². The first-order valence-corrected chi connectivity index (χ1v) is 5.91. The minimum Gasteiger partial charge on any atom is -0.369 e. The first kappa shape index (κ1) is 12.8. The van der Waals surface area contributed by atoms with Crippen LogP contribution in [0.25, 0.3) is 0 Å². The Morgan fingerprint density at radius 3 is 2.94 bits per heavy atom. The zero-order valence-corrected chi connectivity index (χ0v) is 10.8. The number of rotatable bonds is 2. The highest BCUT2D eigenvalue weighted by Gasteiger charge is 2.34. The van der Waals surface area contributed by atoms with Gasteiger partial charge in [0.2, 0.25) is 5.82 Å².